The number of esters is 1. The Balaban J connectivity index is 2.52. The van der Waals surface area contributed by atoms with Crippen molar-refractivity contribution in [3.8, 4) is 5.75 Å². The number of nitrogens with one attached hydrogen (secondary N) is 1. The van der Waals surface area contributed by atoms with Crippen LogP contribution in [0.5, 0.6) is 5.75 Å². The van der Waals surface area contributed by atoms with Gasteiger partial charge in [-0.15, -0.1) is 0 Å². The number of ether oxygens (including phenoxy) is 2. The molecule has 1 rings (SSSR count). The Morgan fingerprint density at radius 2 is 1.84 bits per heavy atom. The van der Waals surface area contributed by atoms with E-state index in [1.165, 1.54) is 0 Å². The molecule has 5 nitrogen and oxygen atoms in total. The quantitative estimate of drug-likeness (QED) is 0.796. The van der Waals surface area contributed by atoms with E-state index in [9.17, 15) is 9.59 Å². The smallest absolute Gasteiger partial charge is 0.338 e. The van der Waals surface area contributed by atoms with E-state index in [-0.39, 0.29) is 24.6 Å². The first-order chi connectivity index (χ1) is 9.02. The molecule has 0 saturated heterocycles. The van der Waals surface area contributed by atoms with Crippen LogP contribution in [-0.4, -0.2) is 31.1 Å². The molecule has 0 spiro atoms. The zero-order valence-corrected chi connectivity index (χ0v) is 11.4. The normalized spacial score (nSPS) is 10.1. The molecule has 0 aliphatic rings. The Morgan fingerprint density at radius 3 is 2.37 bits per heavy atom. The summed E-state index contributed by atoms with van der Waals surface area (Å²) in [5.41, 5.74) is 0.457. The topological polar surface area (TPSA) is 64.6 Å². The molecule has 0 aliphatic heterocycles. The molecule has 1 aromatic carbocycles. The highest BCUT2D eigenvalue weighted by Crippen LogP contribution is 2.13. The van der Waals surface area contributed by atoms with E-state index in [2.05, 4.69) is 5.32 Å². The van der Waals surface area contributed by atoms with Gasteiger partial charge in [-0.2, -0.15) is 0 Å². The number of rotatable bonds is 6. The highest BCUT2D eigenvalue weighted by Gasteiger charge is 2.09. The SMILES string of the molecule is CCNC(=O)COc1ccc(C(=O)OC(C)C)cc1. The van der Waals surface area contributed by atoms with Crippen LogP contribution in [0.25, 0.3) is 0 Å². The zero-order valence-electron chi connectivity index (χ0n) is 11.4. The maximum atomic E-state index is 11.6. The standard InChI is InChI=1S/C14H19NO4/c1-4-15-13(16)9-18-12-7-5-11(6-8-12)14(17)19-10(2)3/h5-8,10H,4,9H2,1-3H3,(H,15,16). The lowest BCUT2D eigenvalue weighted by Gasteiger charge is -2.09. The van der Waals surface area contributed by atoms with Gasteiger partial charge in [0.2, 0.25) is 0 Å². The molecular formula is C14H19NO4. The second-order valence-electron chi connectivity index (χ2n) is 4.22. The number of likely N-dealkylation sites (N-methyl/N-ethyl adjacent to an activating group) is 1. The predicted molar refractivity (Wildman–Crippen MR) is 71.2 cm³/mol. The highest BCUT2D eigenvalue weighted by molar-refractivity contribution is 5.89. The van der Waals surface area contributed by atoms with Gasteiger partial charge in [0, 0.05) is 6.54 Å². The van der Waals surface area contributed by atoms with Crippen LogP contribution in [0.1, 0.15) is 31.1 Å². The highest BCUT2D eigenvalue weighted by atomic mass is 16.5. The lowest BCUT2D eigenvalue weighted by molar-refractivity contribution is -0.122. The van der Waals surface area contributed by atoms with Gasteiger partial charge in [-0.25, -0.2) is 4.79 Å². The van der Waals surface area contributed by atoms with E-state index in [4.69, 9.17) is 9.47 Å². The van der Waals surface area contributed by atoms with Gasteiger partial charge in [0.1, 0.15) is 5.75 Å². The first kappa shape index (κ1) is 15.0. The van der Waals surface area contributed by atoms with E-state index in [0.29, 0.717) is 17.9 Å². The first-order valence-corrected chi connectivity index (χ1v) is 6.23. The first-order valence-electron chi connectivity index (χ1n) is 6.23. The summed E-state index contributed by atoms with van der Waals surface area (Å²) in [4.78, 5) is 22.8. The third-order valence-electron chi connectivity index (χ3n) is 2.18. The van der Waals surface area contributed by atoms with Gasteiger partial charge in [0.25, 0.3) is 5.91 Å². The predicted octanol–water partition coefficient (Wildman–Crippen LogP) is 1.77. The molecule has 0 unspecified atom stereocenters. The summed E-state index contributed by atoms with van der Waals surface area (Å²) in [5, 5.41) is 2.63. The lowest BCUT2D eigenvalue weighted by atomic mass is 10.2. The van der Waals surface area contributed by atoms with Crippen LogP contribution in [0, 0.1) is 0 Å². The summed E-state index contributed by atoms with van der Waals surface area (Å²) in [7, 11) is 0. The molecule has 19 heavy (non-hydrogen) atoms. The van der Waals surface area contributed by atoms with Gasteiger partial charge in [-0.1, -0.05) is 0 Å². The van der Waals surface area contributed by atoms with Gasteiger partial charge in [0.15, 0.2) is 6.61 Å². The molecule has 1 aromatic rings. The zero-order chi connectivity index (χ0) is 14.3. The van der Waals surface area contributed by atoms with Crippen LogP contribution in [0.4, 0.5) is 0 Å². The molecule has 0 aromatic heterocycles. The molecule has 0 bridgehead atoms. The molecule has 0 saturated carbocycles. The average molecular weight is 265 g/mol. The summed E-state index contributed by atoms with van der Waals surface area (Å²) < 4.78 is 10.3. The molecule has 104 valence electrons. The van der Waals surface area contributed by atoms with E-state index in [0.717, 1.165) is 0 Å². The second kappa shape index (κ2) is 7.41. The summed E-state index contributed by atoms with van der Waals surface area (Å²) in [6.07, 6.45) is -0.152. The van der Waals surface area contributed by atoms with E-state index in [1.807, 2.05) is 6.92 Å². The molecule has 1 N–H and O–H groups in total. The van der Waals surface area contributed by atoms with Gasteiger partial charge >= 0.3 is 5.97 Å². The van der Waals surface area contributed by atoms with Crippen LogP contribution in [0.15, 0.2) is 24.3 Å². The van der Waals surface area contributed by atoms with Gasteiger partial charge in [-0.3, -0.25) is 4.79 Å². The number of amides is 1. The number of carbonyl (C=O) groups excluding carboxylic acids is 2. The van der Waals surface area contributed by atoms with Crippen LogP contribution in [-0.2, 0) is 9.53 Å². The Labute approximate surface area is 112 Å². The van der Waals surface area contributed by atoms with Gasteiger partial charge in [0.05, 0.1) is 11.7 Å². The van der Waals surface area contributed by atoms with Crippen molar-refractivity contribution in [1.82, 2.24) is 5.32 Å². The van der Waals surface area contributed by atoms with Crippen molar-refractivity contribution in [2.24, 2.45) is 0 Å². The average Bonchev–Trinajstić information content (AvgIpc) is 2.36. The Hall–Kier alpha value is -2.04. The molecular weight excluding hydrogens is 246 g/mol. The van der Waals surface area contributed by atoms with E-state index >= 15 is 0 Å². The largest absolute Gasteiger partial charge is 0.484 e. The summed E-state index contributed by atoms with van der Waals surface area (Å²) >= 11 is 0. The monoisotopic (exact) mass is 265 g/mol. The minimum absolute atomic E-state index is 0.0381. The van der Waals surface area contributed by atoms with Crippen molar-refractivity contribution in [1.29, 1.82) is 0 Å². The molecule has 0 radical (unpaired) electrons. The minimum Gasteiger partial charge on any atom is -0.484 e. The fraction of sp³-hybridized carbons (Fsp3) is 0.429. The minimum atomic E-state index is -0.370. The third kappa shape index (κ3) is 5.42. The molecule has 5 heteroatoms. The molecule has 0 fully saturated rings. The maximum absolute atomic E-state index is 11.6. The molecule has 0 heterocycles. The van der Waals surface area contributed by atoms with Crippen LogP contribution in [0.3, 0.4) is 0 Å². The van der Waals surface area contributed by atoms with Crippen LogP contribution in [0.2, 0.25) is 0 Å². The van der Waals surface area contributed by atoms with Gasteiger partial charge < -0.3 is 14.8 Å². The van der Waals surface area contributed by atoms with Crippen LogP contribution >= 0.6 is 0 Å². The molecule has 1 amide bonds. The third-order valence-corrected chi connectivity index (χ3v) is 2.18. The van der Waals surface area contributed by atoms with E-state index in [1.54, 1.807) is 38.1 Å². The van der Waals surface area contributed by atoms with Crippen molar-refractivity contribution in [3.63, 3.8) is 0 Å². The van der Waals surface area contributed by atoms with Crippen molar-refractivity contribution < 1.29 is 19.1 Å². The summed E-state index contributed by atoms with van der Waals surface area (Å²) in [6, 6.07) is 6.49. The Bertz CT molecular complexity index is 426. The number of benzene rings is 1. The summed E-state index contributed by atoms with van der Waals surface area (Å²) in [6.45, 7) is 5.96. The Kier molecular flexibility index (Phi) is 5.85. The van der Waals surface area contributed by atoms with Crippen molar-refractivity contribution >= 4 is 11.9 Å². The fourth-order valence-electron chi connectivity index (χ4n) is 1.37. The van der Waals surface area contributed by atoms with Crippen LogP contribution < -0.4 is 10.1 Å². The number of carbonyl (C=O) groups is 2. The number of hydrogen-bond donors (Lipinski definition) is 1. The summed E-state index contributed by atoms with van der Waals surface area (Å²) in [5.74, 6) is -0.0107. The second-order valence-corrected chi connectivity index (χ2v) is 4.22. The maximum Gasteiger partial charge on any atom is 0.338 e. The molecule has 0 atom stereocenters. The number of hydrogen-bond acceptors (Lipinski definition) is 4. The van der Waals surface area contributed by atoms with Crippen molar-refractivity contribution in [3.05, 3.63) is 29.8 Å². The lowest BCUT2D eigenvalue weighted by Crippen LogP contribution is -2.28. The molecule has 0 aliphatic carbocycles. The van der Waals surface area contributed by atoms with Crippen molar-refractivity contribution in [2.75, 3.05) is 13.2 Å². The van der Waals surface area contributed by atoms with Crippen molar-refractivity contribution in [2.45, 2.75) is 26.9 Å². The fourth-order valence-corrected chi connectivity index (χ4v) is 1.37. The Morgan fingerprint density at radius 1 is 1.21 bits per heavy atom. The van der Waals surface area contributed by atoms with Gasteiger partial charge in [-0.05, 0) is 45.0 Å². The van der Waals surface area contributed by atoms with E-state index < -0.39 is 0 Å².